The highest BCUT2D eigenvalue weighted by Crippen LogP contribution is 2.45. The van der Waals surface area contributed by atoms with Gasteiger partial charge in [-0.1, -0.05) is 6.07 Å². The van der Waals surface area contributed by atoms with Crippen LogP contribution in [0, 0.1) is 6.92 Å². The number of aryl methyl sites for hydroxylation is 1. The van der Waals surface area contributed by atoms with Crippen molar-refractivity contribution in [1.82, 2.24) is 5.32 Å². The van der Waals surface area contributed by atoms with Crippen molar-refractivity contribution in [2.45, 2.75) is 31.7 Å². The van der Waals surface area contributed by atoms with E-state index in [2.05, 4.69) is 5.32 Å². The summed E-state index contributed by atoms with van der Waals surface area (Å²) in [5.41, 5.74) is -0.525. The first kappa shape index (κ1) is 23.0. The number of amides is 1. The first-order valence-corrected chi connectivity index (χ1v) is 9.89. The van der Waals surface area contributed by atoms with Crippen LogP contribution in [0.2, 0.25) is 0 Å². The molecule has 10 heteroatoms. The van der Waals surface area contributed by atoms with Gasteiger partial charge >= 0.3 is 11.6 Å². The number of cyclic esters (lactones) is 1. The molecule has 10 nitrogen and oxygen atoms in total. The number of methoxy groups -OCH3 is 3. The molecule has 1 fully saturated rings. The molecular formula is C22H25NO9. The van der Waals surface area contributed by atoms with Crippen molar-refractivity contribution in [2.24, 2.45) is 0 Å². The second-order valence-electron chi connectivity index (χ2n) is 7.20. The molecule has 1 amide bonds. The van der Waals surface area contributed by atoms with Gasteiger partial charge in [-0.25, -0.2) is 9.59 Å². The molecule has 172 valence electrons. The Morgan fingerprint density at radius 2 is 1.91 bits per heavy atom. The standard InChI is InChI=1S/C22H25NO9/c1-11-9-15(24)18(22(27)32-11)13(10-17(25)23-14-7-8-31-21(14)26)12-5-6-16(28-2)20(30-4)19(12)29-3/h5-6,9,13-14,24H,7-8,10H2,1-4H3,(H,23,25). The average Bonchev–Trinajstić information content (AvgIpc) is 3.15. The number of esters is 1. The third-order valence-electron chi connectivity index (χ3n) is 5.21. The monoisotopic (exact) mass is 447 g/mol. The topological polar surface area (TPSA) is 134 Å². The van der Waals surface area contributed by atoms with Gasteiger partial charge in [0, 0.05) is 30.4 Å². The highest BCUT2D eigenvalue weighted by molar-refractivity contribution is 5.86. The number of nitrogens with one attached hydrogen (secondary N) is 1. The van der Waals surface area contributed by atoms with Crippen molar-refractivity contribution in [3.8, 4) is 23.0 Å². The van der Waals surface area contributed by atoms with Gasteiger partial charge in [-0.15, -0.1) is 0 Å². The third-order valence-corrected chi connectivity index (χ3v) is 5.21. The van der Waals surface area contributed by atoms with Gasteiger partial charge < -0.3 is 33.8 Å². The molecule has 1 aliphatic heterocycles. The van der Waals surface area contributed by atoms with E-state index in [1.54, 1.807) is 12.1 Å². The molecule has 1 aliphatic rings. The van der Waals surface area contributed by atoms with E-state index in [9.17, 15) is 19.5 Å². The van der Waals surface area contributed by atoms with Crippen LogP contribution in [0.5, 0.6) is 23.0 Å². The maximum absolute atomic E-state index is 12.8. The molecular weight excluding hydrogens is 422 g/mol. The van der Waals surface area contributed by atoms with Gasteiger partial charge in [0.1, 0.15) is 17.6 Å². The number of hydrogen-bond acceptors (Lipinski definition) is 9. The SMILES string of the molecule is COc1ccc(C(CC(=O)NC2CCOC2=O)c2c(O)cc(C)oc2=O)c(OC)c1OC. The minimum Gasteiger partial charge on any atom is -0.507 e. The van der Waals surface area contributed by atoms with E-state index >= 15 is 0 Å². The van der Waals surface area contributed by atoms with Crippen LogP contribution < -0.4 is 25.2 Å². The summed E-state index contributed by atoms with van der Waals surface area (Å²) in [7, 11) is 4.29. The molecule has 32 heavy (non-hydrogen) atoms. The zero-order valence-corrected chi connectivity index (χ0v) is 18.2. The first-order chi connectivity index (χ1) is 15.3. The predicted octanol–water partition coefficient (Wildman–Crippen LogP) is 1.63. The number of rotatable bonds is 8. The summed E-state index contributed by atoms with van der Waals surface area (Å²) in [5, 5.41) is 13.2. The van der Waals surface area contributed by atoms with Gasteiger partial charge in [-0.3, -0.25) is 4.79 Å². The normalized spacial score (nSPS) is 16.2. The number of ether oxygens (including phenoxy) is 4. The molecule has 2 N–H and O–H groups in total. The summed E-state index contributed by atoms with van der Waals surface area (Å²) >= 11 is 0. The van der Waals surface area contributed by atoms with Crippen LogP contribution in [0.4, 0.5) is 0 Å². The zero-order valence-electron chi connectivity index (χ0n) is 18.2. The molecule has 2 heterocycles. The maximum atomic E-state index is 12.8. The Bertz CT molecular complexity index is 1080. The van der Waals surface area contributed by atoms with Crippen molar-refractivity contribution in [3.05, 3.63) is 45.5 Å². The summed E-state index contributed by atoms with van der Waals surface area (Å²) in [6, 6.07) is 3.74. The van der Waals surface area contributed by atoms with Crippen LogP contribution in [-0.4, -0.2) is 51.0 Å². The maximum Gasteiger partial charge on any atom is 0.343 e. The lowest BCUT2D eigenvalue weighted by Crippen LogP contribution is -2.38. The van der Waals surface area contributed by atoms with E-state index in [0.717, 1.165) is 0 Å². The molecule has 0 radical (unpaired) electrons. The van der Waals surface area contributed by atoms with Crippen molar-refractivity contribution in [3.63, 3.8) is 0 Å². The van der Waals surface area contributed by atoms with Crippen molar-refractivity contribution in [2.75, 3.05) is 27.9 Å². The smallest absolute Gasteiger partial charge is 0.343 e. The molecule has 0 aliphatic carbocycles. The van der Waals surface area contributed by atoms with Crippen molar-refractivity contribution < 1.29 is 38.1 Å². The molecule has 0 spiro atoms. The van der Waals surface area contributed by atoms with Gasteiger partial charge in [-0.05, 0) is 13.0 Å². The van der Waals surface area contributed by atoms with E-state index in [4.69, 9.17) is 23.4 Å². The van der Waals surface area contributed by atoms with Gasteiger partial charge in [0.05, 0.1) is 33.5 Å². The molecule has 2 unspecified atom stereocenters. The number of aromatic hydroxyl groups is 1. The van der Waals surface area contributed by atoms with Crippen molar-refractivity contribution >= 4 is 11.9 Å². The van der Waals surface area contributed by atoms with E-state index in [0.29, 0.717) is 17.7 Å². The Morgan fingerprint density at radius 1 is 1.19 bits per heavy atom. The molecule has 3 rings (SSSR count). The molecule has 2 atom stereocenters. The average molecular weight is 447 g/mol. The molecule has 1 aromatic carbocycles. The Labute approximate surface area is 184 Å². The zero-order chi connectivity index (χ0) is 23.4. The Morgan fingerprint density at radius 3 is 2.47 bits per heavy atom. The van der Waals surface area contributed by atoms with E-state index in [1.807, 2.05) is 0 Å². The number of benzene rings is 1. The first-order valence-electron chi connectivity index (χ1n) is 9.89. The Balaban J connectivity index is 2.11. The quantitative estimate of drug-likeness (QED) is 0.579. The van der Waals surface area contributed by atoms with Crippen molar-refractivity contribution in [1.29, 1.82) is 0 Å². The molecule has 1 saturated heterocycles. The molecule has 0 saturated carbocycles. The molecule has 1 aromatic heterocycles. The molecule has 0 bridgehead atoms. The minimum atomic E-state index is -0.973. The van der Waals surface area contributed by atoms with Gasteiger partial charge in [0.2, 0.25) is 11.7 Å². The van der Waals surface area contributed by atoms with Crippen LogP contribution in [0.1, 0.15) is 35.6 Å². The fraction of sp³-hybridized carbons (Fsp3) is 0.409. The fourth-order valence-corrected chi connectivity index (χ4v) is 3.76. The lowest BCUT2D eigenvalue weighted by molar-refractivity contribution is -0.141. The Hall–Kier alpha value is -3.69. The second-order valence-corrected chi connectivity index (χ2v) is 7.20. The summed E-state index contributed by atoms with van der Waals surface area (Å²) in [5.74, 6) is -1.26. The summed E-state index contributed by atoms with van der Waals surface area (Å²) in [6.07, 6.45) is 0.0733. The summed E-state index contributed by atoms with van der Waals surface area (Å²) in [6.45, 7) is 1.74. The van der Waals surface area contributed by atoms with E-state index in [1.165, 1.54) is 34.3 Å². The van der Waals surface area contributed by atoms with Crippen LogP contribution in [0.15, 0.2) is 27.4 Å². The van der Waals surface area contributed by atoms with Crippen LogP contribution in [0.3, 0.4) is 0 Å². The predicted molar refractivity (Wildman–Crippen MR) is 111 cm³/mol. The number of carbonyl (C=O) groups excluding carboxylic acids is 2. The summed E-state index contributed by atoms with van der Waals surface area (Å²) < 4.78 is 26.3. The van der Waals surface area contributed by atoms with E-state index < -0.39 is 29.5 Å². The number of carbonyl (C=O) groups is 2. The van der Waals surface area contributed by atoms with Gasteiger partial charge in [-0.2, -0.15) is 0 Å². The van der Waals surface area contributed by atoms with Gasteiger partial charge in [0.25, 0.3) is 0 Å². The lowest BCUT2D eigenvalue weighted by Gasteiger charge is -2.23. The van der Waals surface area contributed by atoms with E-state index in [-0.39, 0.29) is 41.6 Å². The largest absolute Gasteiger partial charge is 0.507 e. The van der Waals surface area contributed by atoms with Gasteiger partial charge in [0.15, 0.2) is 11.5 Å². The lowest BCUT2D eigenvalue weighted by atomic mass is 9.87. The fourth-order valence-electron chi connectivity index (χ4n) is 3.76. The highest BCUT2D eigenvalue weighted by atomic mass is 16.5. The highest BCUT2D eigenvalue weighted by Gasteiger charge is 2.33. The minimum absolute atomic E-state index is 0.120. The van der Waals surface area contributed by atoms with Crippen LogP contribution in [-0.2, 0) is 14.3 Å². The molecule has 2 aromatic rings. The van der Waals surface area contributed by atoms with Crippen LogP contribution in [0.25, 0.3) is 0 Å². The Kier molecular flexibility index (Phi) is 6.92. The summed E-state index contributed by atoms with van der Waals surface area (Å²) in [4.78, 5) is 37.3. The second kappa shape index (κ2) is 9.63. The van der Waals surface area contributed by atoms with Crippen LogP contribution >= 0.6 is 0 Å². The number of hydrogen-bond donors (Lipinski definition) is 2. The third kappa shape index (κ3) is 4.48.